The van der Waals surface area contributed by atoms with E-state index in [0.29, 0.717) is 0 Å². The summed E-state index contributed by atoms with van der Waals surface area (Å²) in [6.45, 7) is 0. The minimum absolute atomic E-state index is 0.234. The fourth-order valence-electron chi connectivity index (χ4n) is 4.84. The van der Waals surface area contributed by atoms with E-state index in [2.05, 4.69) is 85.7 Å². The minimum Gasteiger partial charge on any atom is -0.385 e. The SMILES string of the molecule is CN(C)c1ccccc1CC1CCCCC1(O)c1cccc2ccccc12. The zero-order valence-electron chi connectivity index (χ0n) is 16.4. The molecule has 0 spiro atoms. The van der Waals surface area contributed by atoms with Gasteiger partial charge in [-0.2, -0.15) is 0 Å². The fraction of sp³-hybridized carbons (Fsp3) is 0.360. The molecule has 1 fully saturated rings. The third-order valence-corrected chi connectivity index (χ3v) is 6.23. The van der Waals surface area contributed by atoms with Crippen LogP contribution in [-0.4, -0.2) is 19.2 Å². The molecule has 4 rings (SSSR count). The molecule has 0 bridgehead atoms. The Kier molecular flexibility index (Phi) is 4.92. The van der Waals surface area contributed by atoms with E-state index in [9.17, 15) is 5.11 Å². The first kappa shape index (κ1) is 18.1. The van der Waals surface area contributed by atoms with Crippen LogP contribution in [0, 0.1) is 5.92 Å². The lowest BCUT2D eigenvalue weighted by Crippen LogP contribution is -2.39. The Balaban J connectivity index is 1.76. The van der Waals surface area contributed by atoms with E-state index in [4.69, 9.17) is 0 Å². The van der Waals surface area contributed by atoms with Crippen molar-refractivity contribution in [2.24, 2.45) is 5.92 Å². The van der Waals surface area contributed by atoms with Crippen molar-refractivity contribution < 1.29 is 5.11 Å². The van der Waals surface area contributed by atoms with Gasteiger partial charge in [-0.25, -0.2) is 0 Å². The molecule has 2 nitrogen and oxygen atoms in total. The van der Waals surface area contributed by atoms with E-state index in [1.54, 1.807) is 0 Å². The Morgan fingerprint density at radius 1 is 0.926 bits per heavy atom. The molecule has 0 aliphatic heterocycles. The normalized spacial score (nSPS) is 22.7. The molecule has 3 aromatic rings. The Labute approximate surface area is 162 Å². The highest BCUT2D eigenvalue weighted by atomic mass is 16.3. The molecular formula is C25H29NO. The summed E-state index contributed by atoms with van der Waals surface area (Å²) < 4.78 is 0. The molecule has 27 heavy (non-hydrogen) atoms. The molecule has 1 aliphatic rings. The van der Waals surface area contributed by atoms with E-state index < -0.39 is 5.60 Å². The molecule has 0 radical (unpaired) electrons. The first-order chi connectivity index (χ1) is 13.1. The van der Waals surface area contributed by atoms with Gasteiger partial charge in [0, 0.05) is 19.8 Å². The maximum Gasteiger partial charge on any atom is 0.0933 e. The zero-order chi connectivity index (χ0) is 18.9. The first-order valence-electron chi connectivity index (χ1n) is 10.1. The smallest absolute Gasteiger partial charge is 0.0933 e. The van der Waals surface area contributed by atoms with Crippen molar-refractivity contribution in [2.45, 2.75) is 37.7 Å². The number of benzene rings is 3. The van der Waals surface area contributed by atoms with Crippen molar-refractivity contribution in [3.8, 4) is 0 Å². The van der Waals surface area contributed by atoms with Crippen LogP contribution >= 0.6 is 0 Å². The molecule has 0 saturated heterocycles. The van der Waals surface area contributed by atoms with Gasteiger partial charge >= 0.3 is 0 Å². The average Bonchev–Trinajstić information content (AvgIpc) is 2.69. The molecule has 0 amide bonds. The van der Waals surface area contributed by atoms with Gasteiger partial charge in [0.05, 0.1) is 5.60 Å². The van der Waals surface area contributed by atoms with Gasteiger partial charge in [0.2, 0.25) is 0 Å². The van der Waals surface area contributed by atoms with Gasteiger partial charge in [-0.05, 0) is 53.1 Å². The van der Waals surface area contributed by atoms with Crippen molar-refractivity contribution in [3.63, 3.8) is 0 Å². The van der Waals surface area contributed by atoms with E-state index in [1.807, 2.05) is 0 Å². The summed E-state index contributed by atoms with van der Waals surface area (Å²) in [6.07, 6.45) is 5.11. The fourth-order valence-corrected chi connectivity index (χ4v) is 4.84. The van der Waals surface area contributed by atoms with Crippen LogP contribution in [0.2, 0.25) is 0 Å². The average molecular weight is 360 g/mol. The Morgan fingerprint density at radius 3 is 2.52 bits per heavy atom. The molecule has 1 N–H and O–H groups in total. The van der Waals surface area contributed by atoms with Crippen LogP contribution in [0.25, 0.3) is 10.8 Å². The lowest BCUT2D eigenvalue weighted by molar-refractivity contribution is -0.0529. The summed E-state index contributed by atoms with van der Waals surface area (Å²) in [5, 5.41) is 14.4. The molecule has 0 heterocycles. The number of fused-ring (bicyclic) bond motifs is 1. The lowest BCUT2D eigenvalue weighted by Gasteiger charge is -2.41. The van der Waals surface area contributed by atoms with Gasteiger partial charge in [0.15, 0.2) is 0 Å². The van der Waals surface area contributed by atoms with Crippen molar-refractivity contribution in [2.75, 3.05) is 19.0 Å². The second-order valence-corrected chi connectivity index (χ2v) is 8.12. The summed E-state index contributed by atoms with van der Waals surface area (Å²) in [7, 11) is 4.19. The molecule has 140 valence electrons. The van der Waals surface area contributed by atoms with Crippen LogP contribution in [-0.2, 0) is 12.0 Å². The van der Waals surface area contributed by atoms with Crippen molar-refractivity contribution in [1.29, 1.82) is 0 Å². The van der Waals surface area contributed by atoms with Gasteiger partial charge in [0.1, 0.15) is 0 Å². The molecular weight excluding hydrogens is 330 g/mol. The van der Waals surface area contributed by atoms with Gasteiger partial charge in [-0.1, -0.05) is 73.5 Å². The van der Waals surface area contributed by atoms with Crippen LogP contribution in [0.5, 0.6) is 0 Å². The van der Waals surface area contributed by atoms with E-state index in [0.717, 1.165) is 31.2 Å². The number of para-hydroxylation sites is 1. The Bertz CT molecular complexity index is 927. The number of hydrogen-bond acceptors (Lipinski definition) is 2. The highest BCUT2D eigenvalue weighted by molar-refractivity contribution is 5.86. The van der Waals surface area contributed by atoms with E-state index >= 15 is 0 Å². The maximum atomic E-state index is 12.0. The highest BCUT2D eigenvalue weighted by Crippen LogP contribution is 2.46. The number of nitrogens with zero attached hydrogens (tertiary/aromatic N) is 1. The van der Waals surface area contributed by atoms with Gasteiger partial charge in [0.25, 0.3) is 0 Å². The number of aliphatic hydroxyl groups is 1. The largest absolute Gasteiger partial charge is 0.385 e. The number of hydrogen-bond donors (Lipinski definition) is 1. The maximum absolute atomic E-state index is 12.0. The van der Waals surface area contributed by atoms with Crippen LogP contribution in [0.3, 0.4) is 0 Å². The van der Waals surface area contributed by atoms with E-state index in [-0.39, 0.29) is 5.92 Å². The predicted molar refractivity (Wildman–Crippen MR) is 114 cm³/mol. The first-order valence-corrected chi connectivity index (χ1v) is 10.1. The number of anilines is 1. The van der Waals surface area contributed by atoms with Crippen molar-refractivity contribution in [3.05, 3.63) is 77.9 Å². The third kappa shape index (κ3) is 3.35. The number of rotatable bonds is 4. The topological polar surface area (TPSA) is 23.5 Å². The third-order valence-electron chi connectivity index (χ3n) is 6.23. The zero-order valence-corrected chi connectivity index (χ0v) is 16.4. The predicted octanol–water partition coefficient (Wildman–Crippen LogP) is 5.53. The molecule has 0 aromatic heterocycles. The molecule has 2 unspecified atom stereocenters. The summed E-state index contributed by atoms with van der Waals surface area (Å²) in [6, 6.07) is 23.4. The summed E-state index contributed by atoms with van der Waals surface area (Å²) in [4.78, 5) is 2.18. The molecule has 1 saturated carbocycles. The van der Waals surface area contributed by atoms with Crippen LogP contribution < -0.4 is 4.90 Å². The molecule has 3 aromatic carbocycles. The second kappa shape index (κ2) is 7.36. The Morgan fingerprint density at radius 2 is 1.67 bits per heavy atom. The summed E-state index contributed by atoms with van der Waals surface area (Å²) in [5.41, 5.74) is 2.92. The van der Waals surface area contributed by atoms with Gasteiger partial charge in [-0.15, -0.1) is 0 Å². The standard InChI is InChI=1S/C25H29NO/c1-26(2)24-16-6-4-11-20(24)18-21-13-7-8-17-25(21,27)23-15-9-12-19-10-3-5-14-22(19)23/h3-6,9-12,14-16,21,27H,7-8,13,17-18H2,1-2H3. The molecule has 2 atom stereocenters. The quantitative estimate of drug-likeness (QED) is 0.662. The highest BCUT2D eigenvalue weighted by Gasteiger charge is 2.41. The van der Waals surface area contributed by atoms with Crippen LogP contribution in [0.1, 0.15) is 36.8 Å². The van der Waals surface area contributed by atoms with Crippen LogP contribution in [0.4, 0.5) is 5.69 Å². The Hall–Kier alpha value is -2.32. The molecule has 1 aliphatic carbocycles. The monoisotopic (exact) mass is 359 g/mol. The summed E-state index contributed by atoms with van der Waals surface area (Å²) in [5.74, 6) is 0.234. The minimum atomic E-state index is -0.765. The summed E-state index contributed by atoms with van der Waals surface area (Å²) >= 11 is 0. The van der Waals surface area contributed by atoms with Crippen molar-refractivity contribution >= 4 is 16.5 Å². The van der Waals surface area contributed by atoms with Gasteiger partial charge < -0.3 is 10.0 Å². The van der Waals surface area contributed by atoms with Crippen molar-refractivity contribution in [1.82, 2.24) is 0 Å². The van der Waals surface area contributed by atoms with Crippen LogP contribution in [0.15, 0.2) is 66.7 Å². The van der Waals surface area contributed by atoms with Gasteiger partial charge in [-0.3, -0.25) is 0 Å². The molecule has 2 heteroatoms. The van der Waals surface area contributed by atoms with E-state index in [1.165, 1.54) is 28.4 Å². The second-order valence-electron chi connectivity index (χ2n) is 8.12. The lowest BCUT2D eigenvalue weighted by atomic mass is 9.68.